The van der Waals surface area contributed by atoms with E-state index >= 15 is 0 Å². The third-order valence-electron chi connectivity index (χ3n) is 11.9. The van der Waals surface area contributed by atoms with Crippen molar-refractivity contribution < 1.29 is 9.59 Å². The molecule has 5 aliphatic rings. The van der Waals surface area contributed by atoms with Crippen molar-refractivity contribution in [2.45, 2.75) is 110 Å². The SMILES string of the molecule is CC(=O)N1CCC(C(=O)N(CCCN2[C@@H]3CC[C@H]2CC(n2c(C)nc4c2CCN(Cc2ccccc2)C4)C3)C2=CCC(C)C(Cl)=C2)CC1. The summed E-state index contributed by atoms with van der Waals surface area (Å²) in [6.45, 7) is 12.0. The van der Waals surface area contributed by atoms with Gasteiger partial charge in [-0.25, -0.2) is 4.98 Å². The molecule has 1 aromatic carbocycles. The summed E-state index contributed by atoms with van der Waals surface area (Å²) in [6.07, 6.45) is 13.5. The van der Waals surface area contributed by atoms with E-state index in [9.17, 15) is 9.59 Å². The molecule has 2 bridgehead atoms. The van der Waals surface area contributed by atoms with Crippen LogP contribution in [0.1, 0.15) is 94.0 Å². The van der Waals surface area contributed by atoms with Crippen LogP contribution in [0.5, 0.6) is 0 Å². The molecule has 3 fully saturated rings. The lowest BCUT2D eigenvalue weighted by atomic mass is 9.93. The minimum absolute atomic E-state index is 0.0466. The second-order valence-electron chi connectivity index (χ2n) is 15.0. The highest BCUT2D eigenvalue weighted by Gasteiger charge is 2.42. The van der Waals surface area contributed by atoms with Crippen molar-refractivity contribution >= 4 is 23.4 Å². The monoisotopic (exact) mass is 672 g/mol. The predicted molar refractivity (Wildman–Crippen MR) is 190 cm³/mol. The number of piperidine rings is 2. The van der Waals surface area contributed by atoms with E-state index in [1.165, 1.54) is 48.5 Å². The third-order valence-corrected chi connectivity index (χ3v) is 12.4. The molecule has 5 heterocycles. The Morgan fingerprint density at radius 3 is 2.42 bits per heavy atom. The number of amides is 2. The van der Waals surface area contributed by atoms with E-state index in [4.69, 9.17) is 16.6 Å². The van der Waals surface area contributed by atoms with Gasteiger partial charge in [0.2, 0.25) is 11.8 Å². The quantitative estimate of drug-likeness (QED) is 0.307. The number of imidazole rings is 1. The van der Waals surface area contributed by atoms with Crippen molar-refractivity contribution in [3.05, 3.63) is 76.0 Å². The Labute approximate surface area is 291 Å². The number of aromatic nitrogens is 2. The molecule has 258 valence electrons. The molecule has 0 N–H and O–H groups in total. The van der Waals surface area contributed by atoms with E-state index in [0.29, 0.717) is 43.7 Å². The summed E-state index contributed by atoms with van der Waals surface area (Å²) >= 11 is 6.62. The molecule has 9 heteroatoms. The van der Waals surface area contributed by atoms with Crippen LogP contribution in [0.2, 0.25) is 0 Å². The van der Waals surface area contributed by atoms with Crippen LogP contribution in [0, 0.1) is 18.8 Å². The van der Waals surface area contributed by atoms with Gasteiger partial charge in [-0.3, -0.25) is 19.4 Å². The molecule has 3 saturated heterocycles. The number of allylic oxidation sites excluding steroid dienone is 3. The molecular formula is C39H53ClN6O2. The van der Waals surface area contributed by atoms with Gasteiger partial charge in [-0.1, -0.05) is 54.9 Å². The van der Waals surface area contributed by atoms with Gasteiger partial charge in [-0.15, -0.1) is 0 Å². The first-order valence-corrected chi connectivity index (χ1v) is 18.9. The number of aryl methyl sites for hydroxylation is 1. The number of hydrogen-bond donors (Lipinski definition) is 0. The number of halogens is 1. The van der Waals surface area contributed by atoms with Gasteiger partial charge in [0.1, 0.15) is 5.82 Å². The lowest BCUT2D eigenvalue weighted by Gasteiger charge is -2.41. The van der Waals surface area contributed by atoms with Gasteiger partial charge in [-0.05, 0) is 75.8 Å². The topological polar surface area (TPSA) is 64.9 Å². The molecular weight excluding hydrogens is 620 g/mol. The van der Waals surface area contributed by atoms with Crippen molar-refractivity contribution in [2.75, 3.05) is 32.7 Å². The molecule has 0 saturated carbocycles. The molecule has 2 aromatic rings. The van der Waals surface area contributed by atoms with E-state index in [-0.39, 0.29) is 17.7 Å². The smallest absolute Gasteiger partial charge is 0.230 e. The third kappa shape index (κ3) is 7.03. The minimum Gasteiger partial charge on any atom is -0.343 e. The summed E-state index contributed by atoms with van der Waals surface area (Å²) in [5.41, 5.74) is 5.08. The number of rotatable bonds is 9. The molecule has 1 aliphatic carbocycles. The van der Waals surface area contributed by atoms with E-state index < -0.39 is 0 Å². The predicted octanol–water partition coefficient (Wildman–Crippen LogP) is 6.44. The maximum Gasteiger partial charge on any atom is 0.230 e. The molecule has 2 unspecified atom stereocenters. The van der Waals surface area contributed by atoms with E-state index in [0.717, 1.165) is 69.0 Å². The van der Waals surface area contributed by atoms with Crippen LogP contribution in [-0.4, -0.2) is 85.8 Å². The Bertz CT molecular complexity index is 1530. The Balaban J connectivity index is 0.978. The van der Waals surface area contributed by atoms with E-state index in [1.54, 1.807) is 6.92 Å². The standard InChI is InChI=1S/C39H53ClN6O2/c1-27-10-11-34(24-36(27)40)45(39(48)31-14-20-43(21-15-31)29(3)47)18-7-17-44-32-12-13-33(44)23-35(22-32)46-28(2)41-37-26-42(19-16-38(37)46)25-30-8-5-4-6-9-30/h4-6,8-9,11,24,27,31-33,35H,7,10,12-23,25-26H2,1-3H3/t27?,32-,33+,35?. The Morgan fingerprint density at radius 2 is 1.73 bits per heavy atom. The van der Waals surface area contributed by atoms with Gasteiger partial charge < -0.3 is 14.4 Å². The van der Waals surface area contributed by atoms with Crippen LogP contribution in [0.15, 0.2) is 53.2 Å². The number of carbonyl (C=O) groups is 2. The van der Waals surface area contributed by atoms with Gasteiger partial charge >= 0.3 is 0 Å². The van der Waals surface area contributed by atoms with Crippen molar-refractivity contribution in [3.8, 4) is 0 Å². The lowest BCUT2D eigenvalue weighted by molar-refractivity contribution is -0.138. The molecule has 4 atom stereocenters. The Hall–Kier alpha value is -2.94. The van der Waals surface area contributed by atoms with Crippen molar-refractivity contribution in [1.29, 1.82) is 0 Å². The normalized spacial score (nSPS) is 26.6. The average Bonchev–Trinajstić information content (AvgIpc) is 3.53. The largest absolute Gasteiger partial charge is 0.343 e. The van der Waals surface area contributed by atoms with Crippen LogP contribution >= 0.6 is 11.6 Å². The van der Waals surface area contributed by atoms with Gasteiger partial charge in [0.25, 0.3) is 0 Å². The van der Waals surface area contributed by atoms with E-state index in [2.05, 4.69) is 64.6 Å². The van der Waals surface area contributed by atoms with Gasteiger partial charge in [0.15, 0.2) is 0 Å². The van der Waals surface area contributed by atoms with Crippen LogP contribution in [0.3, 0.4) is 0 Å². The molecule has 2 amide bonds. The number of benzene rings is 1. The zero-order chi connectivity index (χ0) is 33.4. The van der Waals surface area contributed by atoms with Gasteiger partial charge in [0, 0.05) is 99.6 Å². The fourth-order valence-electron chi connectivity index (χ4n) is 9.26. The summed E-state index contributed by atoms with van der Waals surface area (Å²) in [6, 6.07) is 12.5. The molecule has 1 aromatic heterocycles. The minimum atomic E-state index is -0.0466. The van der Waals surface area contributed by atoms with Crippen molar-refractivity contribution in [3.63, 3.8) is 0 Å². The number of likely N-dealkylation sites (tertiary alicyclic amines) is 1. The molecule has 8 nitrogen and oxygen atoms in total. The average molecular weight is 673 g/mol. The maximum atomic E-state index is 14.0. The van der Waals surface area contributed by atoms with Crippen LogP contribution in [0.4, 0.5) is 0 Å². The summed E-state index contributed by atoms with van der Waals surface area (Å²) in [5.74, 6) is 1.73. The lowest BCUT2D eigenvalue weighted by Crippen LogP contribution is -2.46. The van der Waals surface area contributed by atoms with E-state index in [1.807, 2.05) is 15.9 Å². The number of fused-ring (bicyclic) bond motifs is 3. The van der Waals surface area contributed by atoms with Gasteiger partial charge in [-0.2, -0.15) is 0 Å². The molecule has 0 spiro atoms. The summed E-state index contributed by atoms with van der Waals surface area (Å²) in [4.78, 5) is 40.2. The number of hydrogen-bond acceptors (Lipinski definition) is 5. The van der Waals surface area contributed by atoms with Crippen LogP contribution in [0.25, 0.3) is 0 Å². The second kappa shape index (κ2) is 14.5. The van der Waals surface area contributed by atoms with Crippen LogP contribution in [-0.2, 0) is 29.1 Å². The van der Waals surface area contributed by atoms with Crippen molar-refractivity contribution in [2.24, 2.45) is 11.8 Å². The zero-order valence-corrected chi connectivity index (χ0v) is 29.9. The Morgan fingerprint density at radius 1 is 1.00 bits per heavy atom. The van der Waals surface area contributed by atoms with Gasteiger partial charge in [0.05, 0.1) is 5.69 Å². The summed E-state index contributed by atoms with van der Waals surface area (Å²) in [5, 5.41) is 0.831. The number of carbonyl (C=O) groups excluding carboxylic acids is 2. The summed E-state index contributed by atoms with van der Waals surface area (Å²) < 4.78 is 2.63. The summed E-state index contributed by atoms with van der Waals surface area (Å²) in [7, 11) is 0. The molecule has 48 heavy (non-hydrogen) atoms. The zero-order valence-electron chi connectivity index (χ0n) is 29.1. The first kappa shape index (κ1) is 33.6. The highest BCUT2D eigenvalue weighted by atomic mass is 35.5. The number of nitrogens with zero attached hydrogens (tertiary/aromatic N) is 6. The molecule has 4 aliphatic heterocycles. The fourth-order valence-corrected chi connectivity index (χ4v) is 9.46. The first-order valence-electron chi connectivity index (χ1n) is 18.5. The fraction of sp³-hybridized carbons (Fsp3) is 0.615. The highest BCUT2D eigenvalue weighted by Crippen LogP contribution is 2.43. The molecule has 0 radical (unpaired) electrons. The van der Waals surface area contributed by atoms with Crippen molar-refractivity contribution in [1.82, 2.24) is 29.2 Å². The maximum absolute atomic E-state index is 14.0. The second-order valence-corrected chi connectivity index (χ2v) is 15.5. The Kier molecular flexibility index (Phi) is 10.1. The highest BCUT2D eigenvalue weighted by molar-refractivity contribution is 6.30. The first-order chi connectivity index (χ1) is 23.2. The van der Waals surface area contributed by atoms with Crippen LogP contribution < -0.4 is 0 Å². The molecule has 7 rings (SSSR count).